The zero-order valence-corrected chi connectivity index (χ0v) is 15.1. The lowest BCUT2D eigenvalue weighted by atomic mass is 10.0. The second kappa shape index (κ2) is 7.21. The Morgan fingerprint density at radius 1 is 1.28 bits per heavy atom. The number of anilines is 1. The molecule has 25 heavy (non-hydrogen) atoms. The van der Waals surface area contributed by atoms with E-state index in [0.717, 1.165) is 12.8 Å². The quantitative estimate of drug-likeness (QED) is 0.839. The van der Waals surface area contributed by atoms with Gasteiger partial charge < -0.3 is 9.80 Å². The minimum atomic E-state index is -0.148. The molecule has 0 radical (unpaired) electrons. The van der Waals surface area contributed by atoms with Gasteiger partial charge in [-0.1, -0.05) is 20.3 Å². The summed E-state index contributed by atoms with van der Waals surface area (Å²) in [5, 5.41) is 0. The van der Waals surface area contributed by atoms with Gasteiger partial charge in [-0.15, -0.1) is 0 Å². The first-order valence-corrected chi connectivity index (χ1v) is 8.88. The molecule has 134 valence electrons. The lowest BCUT2D eigenvalue weighted by Crippen LogP contribution is -2.51. The molecule has 0 aliphatic carbocycles. The largest absolute Gasteiger partial charge is 0.348 e. The number of aryl methyl sites for hydroxylation is 1. The number of hydrogen-bond acceptors (Lipinski definition) is 5. The molecule has 0 saturated carbocycles. The first-order chi connectivity index (χ1) is 12.0. The smallest absolute Gasteiger partial charge is 0.294 e. The van der Waals surface area contributed by atoms with Crippen LogP contribution in [0.1, 0.15) is 26.7 Å². The zero-order chi connectivity index (χ0) is 18.0. The molecule has 0 N–H and O–H groups in total. The number of nitrogens with zero attached hydrogens (tertiary/aromatic N) is 5. The van der Waals surface area contributed by atoms with Crippen molar-refractivity contribution in [2.24, 2.45) is 13.0 Å². The lowest BCUT2D eigenvalue weighted by Gasteiger charge is -2.36. The number of hydrogen-bond donors (Lipinski definition) is 0. The number of amides is 1. The van der Waals surface area contributed by atoms with E-state index in [1.807, 2.05) is 28.9 Å². The SMILES string of the molecule is CCCC(C)C(=O)N1CCN(c2nc3cccnc3n(C)c2=O)CC1. The van der Waals surface area contributed by atoms with Crippen molar-refractivity contribution in [1.29, 1.82) is 0 Å². The summed E-state index contributed by atoms with van der Waals surface area (Å²) in [6.07, 6.45) is 3.59. The Hall–Kier alpha value is -2.44. The van der Waals surface area contributed by atoms with Crippen LogP contribution in [0.4, 0.5) is 5.82 Å². The maximum Gasteiger partial charge on any atom is 0.294 e. The highest BCUT2D eigenvalue weighted by atomic mass is 16.2. The van der Waals surface area contributed by atoms with Gasteiger partial charge in [0.05, 0.1) is 0 Å². The molecule has 2 aromatic heterocycles. The molecule has 3 heterocycles. The average Bonchev–Trinajstić information content (AvgIpc) is 2.64. The second-order valence-electron chi connectivity index (χ2n) is 6.65. The summed E-state index contributed by atoms with van der Waals surface area (Å²) in [5.41, 5.74) is 1.14. The van der Waals surface area contributed by atoms with Crippen molar-refractivity contribution in [3.63, 3.8) is 0 Å². The predicted molar refractivity (Wildman–Crippen MR) is 97.6 cm³/mol. The van der Waals surface area contributed by atoms with Crippen molar-refractivity contribution in [2.45, 2.75) is 26.7 Å². The summed E-state index contributed by atoms with van der Waals surface area (Å²) in [6, 6.07) is 3.67. The molecule has 1 amide bonds. The molecule has 3 rings (SSSR count). The molecule has 1 aliphatic rings. The van der Waals surface area contributed by atoms with Gasteiger partial charge in [0.1, 0.15) is 5.52 Å². The van der Waals surface area contributed by atoms with Crippen LogP contribution in [0, 0.1) is 5.92 Å². The van der Waals surface area contributed by atoms with Crippen LogP contribution in [0.2, 0.25) is 0 Å². The number of carbonyl (C=O) groups is 1. The Kier molecular flexibility index (Phi) is 5.01. The van der Waals surface area contributed by atoms with Crippen LogP contribution in [-0.4, -0.2) is 51.5 Å². The van der Waals surface area contributed by atoms with Crippen molar-refractivity contribution < 1.29 is 4.79 Å². The van der Waals surface area contributed by atoms with Gasteiger partial charge in [-0.3, -0.25) is 14.2 Å². The molecular weight excluding hydrogens is 318 g/mol. The number of rotatable bonds is 4. The summed E-state index contributed by atoms with van der Waals surface area (Å²) in [4.78, 5) is 37.7. The van der Waals surface area contributed by atoms with Crippen LogP contribution in [0.15, 0.2) is 23.1 Å². The highest BCUT2D eigenvalue weighted by Crippen LogP contribution is 2.16. The van der Waals surface area contributed by atoms with Gasteiger partial charge in [-0.2, -0.15) is 0 Å². The Balaban J connectivity index is 1.77. The third-order valence-corrected chi connectivity index (χ3v) is 4.84. The first kappa shape index (κ1) is 17.4. The Morgan fingerprint density at radius 2 is 2.00 bits per heavy atom. The van der Waals surface area contributed by atoms with Crippen LogP contribution >= 0.6 is 0 Å². The van der Waals surface area contributed by atoms with Gasteiger partial charge in [-0.25, -0.2) is 9.97 Å². The van der Waals surface area contributed by atoms with E-state index in [9.17, 15) is 9.59 Å². The monoisotopic (exact) mass is 343 g/mol. The number of piperazine rings is 1. The molecule has 1 atom stereocenters. The van der Waals surface area contributed by atoms with Gasteiger partial charge in [0.25, 0.3) is 5.56 Å². The lowest BCUT2D eigenvalue weighted by molar-refractivity contribution is -0.135. The number of pyridine rings is 1. The highest BCUT2D eigenvalue weighted by Gasteiger charge is 2.26. The molecule has 7 heteroatoms. The molecular formula is C18H25N5O2. The Labute approximate surface area is 147 Å². The van der Waals surface area contributed by atoms with Gasteiger partial charge >= 0.3 is 0 Å². The van der Waals surface area contributed by atoms with E-state index in [4.69, 9.17) is 0 Å². The van der Waals surface area contributed by atoms with Gasteiger partial charge in [-0.05, 0) is 18.6 Å². The van der Waals surface area contributed by atoms with Crippen molar-refractivity contribution >= 4 is 22.9 Å². The zero-order valence-electron chi connectivity index (χ0n) is 15.1. The molecule has 1 fully saturated rings. The minimum absolute atomic E-state index is 0.0642. The van der Waals surface area contributed by atoms with E-state index in [0.29, 0.717) is 43.2 Å². The molecule has 0 aromatic carbocycles. The van der Waals surface area contributed by atoms with E-state index >= 15 is 0 Å². The standard InChI is InChI=1S/C18H25N5O2/c1-4-6-13(2)17(24)23-11-9-22(10-12-23)16-18(25)21(3)15-14(20-16)7-5-8-19-15/h5,7-8,13H,4,6,9-12H2,1-3H3. The fourth-order valence-electron chi connectivity index (χ4n) is 3.36. The van der Waals surface area contributed by atoms with E-state index in [-0.39, 0.29) is 17.4 Å². The molecule has 0 spiro atoms. The minimum Gasteiger partial charge on any atom is -0.348 e. The van der Waals surface area contributed by atoms with Gasteiger partial charge in [0.15, 0.2) is 11.5 Å². The average molecular weight is 343 g/mol. The maximum atomic E-state index is 12.6. The van der Waals surface area contributed by atoms with Crippen LogP contribution < -0.4 is 10.5 Å². The van der Waals surface area contributed by atoms with Gasteiger partial charge in [0.2, 0.25) is 5.91 Å². The highest BCUT2D eigenvalue weighted by molar-refractivity contribution is 5.79. The molecule has 1 aliphatic heterocycles. The fraction of sp³-hybridized carbons (Fsp3) is 0.556. The van der Waals surface area contributed by atoms with Crippen LogP contribution in [-0.2, 0) is 11.8 Å². The summed E-state index contributed by atoms with van der Waals surface area (Å²) < 4.78 is 1.54. The maximum absolute atomic E-state index is 12.6. The van der Waals surface area contributed by atoms with Crippen molar-refractivity contribution in [1.82, 2.24) is 19.4 Å². The Morgan fingerprint density at radius 3 is 2.68 bits per heavy atom. The normalized spacial score (nSPS) is 16.3. The van der Waals surface area contributed by atoms with E-state index in [1.165, 1.54) is 0 Å². The van der Waals surface area contributed by atoms with Crippen LogP contribution in [0.5, 0.6) is 0 Å². The van der Waals surface area contributed by atoms with E-state index in [1.54, 1.807) is 17.8 Å². The summed E-state index contributed by atoms with van der Waals surface area (Å²) in [6.45, 7) is 6.59. The number of fused-ring (bicyclic) bond motifs is 1. The molecule has 7 nitrogen and oxygen atoms in total. The van der Waals surface area contributed by atoms with E-state index in [2.05, 4.69) is 16.9 Å². The third-order valence-electron chi connectivity index (χ3n) is 4.84. The molecule has 2 aromatic rings. The molecule has 1 unspecified atom stereocenters. The topological polar surface area (TPSA) is 71.3 Å². The van der Waals surface area contributed by atoms with Crippen molar-refractivity contribution in [3.05, 3.63) is 28.7 Å². The second-order valence-corrected chi connectivity index (χ2v) is 6.65. The fourth-order valence-corrected chi connectivity index (χ4v) is 3.36. The number of carbonyl (C=O) groups excluding carboxylic acids is 1. The molecule has 0 bridgehead atoms. The third kappa shape index (κ3) is 3.36. The summed E-state index contributed by atoms with van der Waals surface area (Å²) in [5.74, 6) is 0.719. The first-order valence-electron chi connectivity index (χ1n) is 8.88. The summed E-state index contributed by atoms with van der Waals surface area (Å²) >= 11 is 0. The van der Waals surface area contributed by atoms with Gasteiger partial charge in [0, 0.05) is 45.3 Å². The summed E-state index contributed by atoms with van der Waals surface area (Å²) in [7, 11) is 1.72. The molecule has 1 saturated heterocycles. The van der Waals surface area contributed by atoms with Crippen molar-refractivity contribution in [2.75, 3.05) is 31.1 Å². The van der Waals surface area contributed by atoms with Crippen molar-refractivity contribution in [3.8, 4) is 0 Å². The van der Waals surface area contributed by atoms with Crippen LogP contribution in [0.3, 0.4) is 0 Å². The predicted octanol–water partition coefficient (Wildman–Crippen LogP) is 1.41. The van der Waals surface area contributed by atoms with Crippen LogP contribution in [0.25, 0.3) is 11.2 Å². The number of aromatic nitrogens is 3. The van der Waals surface area contributed by atoms with E-state index < -0.39 is 0 Å². The Bertz CT molecular complexity index is 824.